The molecule has 0 saturated carbocycles. The molecule has 3 aliphatic rings. The molecule has 0 aromatic rings. The average molecular weight is 1130 g/mol. The lowest BCUT2D eigenvalue weighted by Gasteiger charge is -2.48. The van der Waals surface area contributed by atoms with E-state index in [0.717, 1.165) is 77.0 Å². The van der Waals surface area contributed by atoms with Crippen molar-refractivity contribution in [1.29, 1.82) is 0 Å². The van der Waals surface area contributed by atoms with Crippen molar-refractivity contribution >= 4 is 5.91 Å². The fraction of sp³-hybridized carbons (Fsp3) is 0.850. The van der Waals surface area contributed by atoms with Gasteiger partial charge in [-0.1, -0.05) is 184 Å². The van der Waals surface area contributed by atoms with Gasteiger partial charge in [0.05, 0.1) is 38.6 Å². The first-order chi connectivity index (χ1) is 38.3. The van der Waals surface area contributed by atoms with Gasteiger partial charge in [0, 0.05) is 6.42 Å². The Morgan fingerprint density at radius 3 is 1.37 bits per heavy atom. The van der Waals surface area contributed by atoms with E-state index in [2.05, 4.69) is 55.6 Å². The molecular formula is C60H107NO18. The van der Waals surface area contributed by atoms with Crippen molar-refractivity contribution in [2.45, 2.75) is 298 Å². The smallest absolute Gasteiger partial charge is 0.220 e. The molecule has 79 heavy (non-hydrogen) atoms. The molecule has 17 unspecified atom stereocenters. The second-order valence-electron chi connectivity index (χ2n) is 21.8. The Labute approximate surface area is 472 Å². The van der Waals surface area contributed by atoms with Crippen LogP contribution in [0, 0.1) is 0 Å². The van der Waals surface area contributed by atoms with Gasteiger partial charge in [-0.15, -0.1) is 0 Å². The summed E-state index contributed by atoms with van der Waals surface area (Å²) in [5.74, 6) is -0.294. The Morgan fingerprint density at radius 1 is 0.468 bits per heavy atom. The standard InChI is InChI=1S/C60H107NO18/c1-3-5-7-9-11-13-15-17-19-20-21-22-24-25-27-29-31-33-35-37-44(65)43(61-48(66)38-36-34-32-30-28-26-23-18-16-14-12-10-8-6-4-2)42-74-58-54(72)51(69)56(46(40-63)76-58)79-60-55(73)52(70)57(47(41-64)77-60)78-59-53(71)50(68)49(67)45(39-62)75-59/h6,8,12,14,18,23,35,37,43-47,49-60,62-65,67-73H,3-5,7,9-11,13,15-17,19-22,24-34,36,38-42H2,1-2H3,(H,61,66)/b8-6-,14-12-,23-18-,37-35+. The molecule has 3 heterocycles. The minimum atomic E-state index is -1.98. The van der Waals surface area contributed by atoms with Gasteiger partial charge in [0.1, 0.15) is 73.2 Å². The van der Waals surface area contributed by atoms with E-state index in [-0.39, 0.29) is 18.9 Å². The normalized spacial score (nSPS) is 30.6. The predicted octanol–water partition coefficient (Wildman–Crippen LogP) is 5.48. The van der Waals surface area contributed by atoms with Crippen LogP contribution in [0.1, 0.15) is 194 Å². The first-order valence-corrected chi connectivity index (χ1v) is 30.4. The zero-order valence-electron chi connectivity index (χ0n) is 47.8. The number of ether oxygens (including phenoxy) is 6. The fourth-order valence-corrected chi connectivity index (χ4v) is 10.1. The Balaban J connectivity index is 1.51. The molecule has 3 fully saturated rings. The first-order valence-electron chi connectivity index (χ1n) is 30.4. The van der Waals surface area contributed by atoms with E-state index in [9.17, 15) is 61.0 Å². The van der Waals surface area contributed by atoms with Gasteiger partial charge in [0.25, 0.3) is 0 Å². The number of nitrogens with one attached hydrogen (secondary N) is 1. The lowest BCUT2D eigenvalue weighted by atomic mass is 9.96. The molecule has 0 spiro atoms. The first kappa shape index (κ1) is 71.0. The molecule has 0 aromatic carbocycles. The third kappa shape index (κ3) is 27.3. The van der Waals surface area contributed by atoms with Gasteiger partial charge in [-0.2, -0.15) is 0 Å². The lowest BCUT2D eigenvalue weighted by molar-refractivity contribution is -0.379. The molecule has 0 aromatic heterocycles. The number of carbonyl (C=O) groups excluding carboxylic acids is 1. The maximum absolute atomic E-state index is 13.3. The highest BCUT2D eigenvalue weighted by molar-refractivity contribution is 5.76. The maximum Gasteiger partial charge on any atom is 0.220 e. The molecule has 17 atom stereocenters. The van der Waals surface area contributed by atoms with Gasteiger partial charge in [-0.3, -0.25) is 4.79 Å². The van der Waals surface area contributed by atoms with Crippen molar-refractivity contribution in [3.8, 4) is 0 Å². The number of hydrogen-bond donors (Lipinski definition) is 12. The van der Waals surface area contributed by atoms with Gasteiger partial charge < -0.3 is 89.9 Å². The van der Waals surface area contributed by atoms with Crippen molar-refractivity contribution in [2.75, 3.05) is 26.4 Å². The van der Waals surface area contributed by atoms with E-state index in [1.54, 1.807) is 6.08 Å². The Hall–Kier alpha value is -2.25. The molecule has 460 valence electrons. The van der Waals surface area contributed by atoms with Crippen molar-refractivity contribution in [3.63, 3.8) is 0 Å². The van der Waals surface area contributed by atoms with E-state index in [1.807, 2.05) is 6.08 Å². The molecule has 0 bridgehead atoms. The molecule has 3 saturated heterocycles. The van der Waals surface area contributed by atoms with Crippen LogP contribution in [0.2, 0.25) is 0 Å². The molecule has 12 N–H and O–H groups in total. The number of hydrogen-bond acceptors (Lipinski definition) is 18. The third-order valence-corrected chi connectivity index (χ3v) is 15.1. The van der Waals surface area contributed by atoms with Crippen LogP contribution in [0.5, 0.6) is 0 Å². The number of unbranched alkanes of at least 4 members (excludes halogenated alkanes) is 22. The summed E-state index contributed by atoms with van der Waals surface area (Å²) in [4.78, 5) is 13.3. The SMILES string of the molecule is CC/C=C\C/C=C\C/C=C\CCCCCCCC(=O)NC(COC1OC(CO)C(OC2OC(CO)C(OC3OC(CO)C(O)C(O)C3O)C(O)C2O)C(O)C1O)C(O)/C=C/CCCCCCCCCCCCCCCCCCC. The van der Waals surface area contributed by atoms with E-state index in [1.165, 1.54) is 89.9 Å². The summed E-state index contributed by atoms with van der Waals surface area (Å²) in [7, 11) is 0. The Bertz CT molecular complexity index is 1630. The van der Waals surface area contributed by atoms with Crippen molar-refractivity contribution in [1.82, 2.24) is 5.32 Å². The highest BCUT2D eigenvalue weighted by Gasteiger charge is 2.53. The van der Waals surface area contributed by atoms with E-state index >= 15 is 0 Å². The van der Waals surface area contributed by atoms with Gasteiger partial charge in [0.15, 0.2) is 18.9 Å². The predicted molar refractivity (Wildman–Crippen MR) is 300 cm³/mol. The van der Waals surface area contributed by atoms with Crippen LogP contribution in [0.3, 0.4) is 0 Å². The molecule has 0 aliphatic carbocycles. The number of aliphatic hydroxyl groups is 11. The highest BCUT2D eigenvalue weighted by atomic mass is 16.8. The van der Waals surface area contributed by atoms with Crippen LogP contribution >= 0.6 is 0 Å². The van der Waals surface area contributed by atoms with Crippen molar-refractivity contribution in [2.24, 2.45) is 0 Å². The lowest BCUT2D eigenvalue weighted by Crippen LogP contribution is -2.66. The highest BCUT2D eigenvalue weighted by Crippen LogP contribution is 2.33. The van der Waals surface area contributed by atoms with Gasteiger partial charge in [0.2, 0.25) is 5.91 Å². The summed E-state index contributed by atoms with van der Waals surface area (Å²) in [6.07, 6.45) is 20.9. The number of allylic oxidation sites excluding steroid dienone is 7. The fourth-order valence-electron chi connectivity index (χ4n) is 10.1. The van der Waals surface area contributed by atoms with Crippen molar-refractivity contribution in [3.05, 3.63) is 48.6 Å². The molecule has 3 rings (SSSR count). The average Bonchev–Trinajstić information content (AvgIpc) is 3.47. The van der Waals surface area contributed by atoms with Gasteiger partial charge in [-0.25, -0.2) is 0 Å². The molecule has 3 aliphatic heterocycles. The summed E-state index contributed by atoms with van der Waals surface area (Å²) in [5.41, 5.74) is 0. The second-order valence-corrected chi connectivity index (χ2v) is 21.8. The molecule has 19 heteroatoms. The van der Waals surface area contributed by atoms with Crippen LogP contribution in [-0.4, -0.2) is 193 Å². The second kappa shape index (κ2) is 43.4. The summed E-state index contributed by atoms with van der Waals surface area (Å²) in [5, 5.41) is 120. The largest absolute Gasteiger partial charge is 0.394 e. The summed E-state index contributed by atoms with van der Waals surface area (Å²) < 4.78 is 34.2. The van der Waals surface area contributed by atoms with Crippen LogP contribution < -0.4 is 5.32 Å². The van der Waals surface area contributed by atoms with E-state index < -0.39 is 124 Å². The summed E-state index contributed by atoms with van der Waals surface area (Å²) in [6, 6.07) is -0.982. The summed E-state index contributed by atoms with van der Waals surface area (Å²) >= 11 is 0. The zero-order chi connectivity index (χ0) is 57.6. The quantitative estimate of drug-likeness (QED) is 0.0265. The monoisotopic (exact) mass is 1130 g/mol. The topological polar surface area (TPSA) is 307 Å². The van der Waals surface area contributed by atoms with Crippen LogP contribution in [0.15, 0.2) is 48.6 Å². The van der Waals surface area contributed by atoms with E-state index in [4.69, 9.17) is 28.4 Å². The van der Waals surface area contributed by atoms with Gasteiger partial charge in [-0.05, 0) is 51.4 Å². The Kier molecular flexibility index (Phi) is 39.0. The number of amides is 1. The van der Waals surface area contributed by atoms with Gasteiger partial charge >= 0.3 is 0 Å². The van der Waals surface area contributed by atoms with E-state index in [0.29, 0.717) is 6.42 Å². The molecular weight excluding hydrogens is 1020 g/mol. The van der Waals surface area contributed by atoms with Crippen LogP contribution in [-0.2, 0) is 33.2 Å². The number of rotatable bonds is 44. The minimum absolute atomic E-state index is 0.223. The molecule has 0 radical (unpaired) electrons. The van der Waals surface area contributed by atoms with Crippen LogP contribution in [0.25, 0.3) is 0 Å². The molecule has 1 amide bonds. The third-order valence-electron chi connectivity index (χ3n) is 15.1. The van der Waals surface area contributed by atoms with Crippen LogP contribution in [0.4, 0.5) is 0 Å². The number of aliphatic hydroxyl groups excluding tert-OH is 11. The van der Waals surface area contributed by atoms with Crippen molar-refractivity contribution < 1.29 is 89.4 Å². The maximum atomic E-state index is 13.3. The number of carbonyl (C=O) groups is 1. The Morgan fingerprint density at radius 2 is 0.873 bits per heavy atom. The molecule has 19 nitrogen and oxygen atoms in total. The minimum Gasteiger partial charge on any atom is -0.394 e. The zero-order valence-corrected chi connectivity index (χ0v) is 47.8. The summed E-state index contributed by atoms with van der Waals surface area (Å²) in [6.45, 7) is 1.59.